The number of rotatable bonds is 3. The van der Waals surface area contributed by atoms with Crippen molar-refractivity contribution in [3.05, 3.63) is 58.8 Å². The predicted octanol–water partition coefficient (Wildman–Crippen LogP) is 4.40. The largest absolute Gasteiger partial charge is 0.451 e. The van der Waals surface area contributed by atoms with Crippen LogP contribution in [-0.2, 0) is 0 Å². The summed E-state index contributed by atoms with van der Waals surface area (Å²) in [6, 6.07) is 13.3. The Morgan fingerprint density at radius 2 is 1.85 bits per heavy atom. The Kier molecular flexibility index (Phi) is 4.81. The maximum Gasteiger partial charge on any atom is 0.291 e. The molecule has 0 spiro atoms. The number of halogens is 1. The van der Waals surface area contributed by atoms with Crippen molar-refractivity contribution in [3.63, 3.8) is 0 Å². The summed E-state index contributed by atoms with van der Waals surface area (Å²) >= 11 is 6.20. The molecule has 0 atom stereocenters. The van der Waals surface area contributed by atoms with Gasteiger partial charge in [-0.15, -0.1) is 0 Å². The van der Waals surface area contributed by atoms with Crippen LogP contribution in [0.15, 0.2) is 46.9 Å². The summed E-state index contributed by atoms with van der Waals surface area (Å²) < 4.78 is 5.80. The van der Waals surface area contributed by atoms with Crippen LogP contribution < -0.4 is 10.2 Å². The molecule has 1 N–H and O–H groups in total. The van der Waals surface area contributed by atoms with Crippen LogP contribution >= 0.6 is 11.6 Å². The van der Waals surface area contributed by atoms with E-state index in [9.17, 15) is 4.79 Å². The first-order chi connectivity index (χ1) is 13.0. The van der Waals surface area contributed by atoms with E-state index in [1.807, 2.05) is 43.3 Å². The van der Waals surface area contributed by atoms with Gasteiger partial charge in [0, 0.05) is 42.2 Å². The zero-order valence-corrected chi connectivity index (χ0v) is 16.2. The maximum atomic E-state index is 12.9. The molecule has 27 heavy (non-hydrogen) atoms. The SMILES string of the molecule is Cc1c(C(=O)Nc2cc(Cl)ccc2N2CCN(C)CC2)oc2ccccc12. The van der Waals surface area contributed by atoms with E-state index in [0.717, 1.165) is 42.8 Å². The fourth-order valence-electron chi connectivity index (χ4n) is 3.50. The standard InChI is InChI=1S/C21H22ClN3O2/c1-14-16-5-3-4-6-19(16)27-20(14)21(26)23-17-13-15(22)7-8-18(17)25-11-9-24(2)10-12-25/h3-8,13H,9-12H2,1-2H3,(H,23,26). The Morgan fingerprint density at radius 1 is 1.11 bits per heavy atom. The lowest BCUT2D eigenvalue weighted by molar-refractivity contribution is 0.0998. The van der Waals surface area contributed by atoms with Crippen molar-refractivity contribution in [1.82, 2.24) is 4.90 Å². The molecule has 6 heteroatoms. The minimum absolute atomic E-state index is 0.263. The van der Waals surface area contributed by atoms with Crippen LogP contribution in [0, 0.1) is 6.92 Å². The van der Waals surface area contributed by atoms with E-state index in [4.69, 9.17) is 16.0 Å². The highest BCUT2D eigenvalue weighted by Gasteiger charge is 2.21. The van der Waals surface area contributed by atoms with E-state index in [1.54, 1.807) is 6.07 Å². The molecule has 1 fully saturated rings. The molecule has 2 aromatic carbocycles. The molecule has 1 aliphatic heterocycles. The van der Waals surface area contributed by atoms with Crippen LogP contribution in [0.4, 0.5) is 11.4 Å². The number of carbonyl (C=O) groups is 1. The molecule has 0 radical (unpaired) electrons. The summed E-state index contributed by atoms with van der Waals surface area (Å²) in [7, 11) is 2.12. The van der Waals surface area contributed by atoms with Gasteiger partial charge in [0.1, 0.15) is 5.58 Å². The van der Waals surface area contributed by atoms with Gasteiger partial charge in [0.05, 0.1) is 11.4 Å². The van der Waals surface area contributed by atoms with Crippen LogP contribution in [0.2, 0.25) is 5.02 Å². The second-order valence-corrected chi connectivity index (χ2v) is 7.39. The number of piperazine rings is 1. The molecule has 1 saturated heterocycles. The lowest BCUT2D eigenvalue weighted by Gasteiger charge is -2.35. The molecule has 5 nitrogen and oxygen atoms in total. The topological polar surface area (TPSA) is 48.7 Å². The van der Waals surface area contributed by atoms with Crippen molar-refractivity contribution in [2.24, 2.45) is 0 Å². The zero-order valence-electron chi connectivity index (χ0n) is 15.5. The van der Waals surface area contributed by atoms with Gasteiger partial charge in [-0.05, 0) is 38.2 Å². The summed E-state index contributed by atoms with van der Waals surface area (Å²) in [6.45, 7) is 5.69. The lowest BCUT2D eigenvalue weighted by atomic mass is 10.1. The lowest BCUT2D eigenvalue weighted by Crippen LogP contribution is -2.44. The summed E-state index contributed by atoms with van der Waals surface area (Å²) in [5, 5.41) is 4.54. The highest BCUT2D eigenvalue weighted by atomic mass is 35.5. The third kappa shape index (κ3) is 3.53. The number of aryl methyl sites for hydroxylation is 1. The number of nitrogens with zero attached hydrogens (tertiary/aromatic N) is 2. The summed E-state index contributed by atoms with van der Waals surface area (Å²) in [5.41, 5.74) is 3.24. The van der Waals surface area contributed by atoms with E-state index in [-0.39, 0.29) is 5.91 Å². The average Bonchev–Trinajstić information content (AvgIpc) is 3.00. The van der Waals surface area contributed by atoms with E-state index < -0.39 is 0 Å². The molecule has 140 valence electrons. The Morgan fingerprint density at radius 3 is 2.59 bits per heavy atom. The normalized spacial score (nSPS) is 15.3. The molecule has 1 amide bonds. The number of hydrogen-bond acceptors (Lipinski definition) is 4. The van der Waals surface area contributed by atoms with Gasteiger partial charge in [-0.2, -0.15) is 0 Å². The molecule has 3 aromatic rings. The molecule has 0 bridgehead atoms. The number of carbonyl (C=O) groups excluding carboxylic acids is 1. The first-order valence-electron chi connectivity index (χ1n) is 9.05. The Hall–Kier alpha value is -2.50. The van der Waals surface area contributed by atoms with Gasteiger partial charge in [0.15, 0.2) is 5.76 Å². The molecule has 0 unspecified atom stereocenters. The molecule has 0 saturated carbocycles. The zero-order chi connectivity index (χ0) is 19.0. The monoisotopic (exact) mass is 383 g/mol. The second kappa shape index (κ2) is 7.25. The summed E-state index contributed by atoms with van der Waals surface area (Å²) in [6.07, 6.45) is 0. The number of amides is 1. The predicted molar refractivity (Wildman–Crippen MR) is 110 cm³/mol. The van der Waals surface area contributed by atoms with Crippen LogP contribution in [-0.4, -0.2) is 44.0 Å². The average molecular weight is 384 g/mol. The number of hydrogen-bond donors (Lipinski definition) is 1. The fourth-order valence-corrected chi connectivity index (χ4v) is 3.67. The third-order valence-electron chi connectivity index (χ3n) is 5.10. The summed E-state index contributed by atoms with van der Waals surface area (Å²) in [5.74, 6) is 0.0712. The molecule has 1 aromatic heterocycles. The highest BCUT2D eigenvalue weighted by molar-refractivity contribution is 6.31. The van der Waals surface area contributed by atoms with Crippen molar-refractivity contribution >= 4 is 39.9 Å². The van der Waals surface area contributed by atoms with Crippen LogP contribution in [0.1, 0.15) is 16.1 Å². The molecule has 1 aliphatic rings. The molecule has 0 aliphatic carbocycles. The van der Waals surface area contributed by atoms with Crippen LogP contribution in [0.3, 0.4) is 0 Å². The number of likely N-dealkylation sites (N-methyl/N-ethyl adjacent to an activating group) is 1. The maximum absolute atomic E-state index is 12.9. The molecular weight excluding hydrogens is 362 g/mol. The van der Waals surface area contributed by atoms with Gasteiger partial charge in [-0.1, -0.05) is 29.8 Å². The van der Waals surface area contributed by atoms with Gasteiger partial charge in [0.2, 0.25) is 0 Å². The van der Waals surface area contributed by atoms with Crippen molar-refractivity contribution in [1.29, 1.82) is 0 Å². The Bertz CT molecular complexity index is 990. The first kappa shape index (κ1) is 17.9. The first-order valence-corrected chi connectivity index (χ1v) is 9.43. The molecule has 2 heterocycles. The number of nitrogens with one attached hydrogen (secondary N) is 1. The van der Waals surface area contributed by atoms with E-state index >= 15 is 0 Å². The van der Waals surface area contributed by atoms with Crippen LogP contribution in [0.5, 0.6) is 0 Å². The highest BCUT2D eigenvalue weighted by Crippen LogP contribution is 2.32. The van der Waals surface area contributed by atoms with E-state index in [0.29, 0.717) is 22.1 Å². The van der Waals surface area contributed by atoms with Gasteiger partial charge in [-0.3, -0.25) is 4.79 Å². The minimum atomic E-state index is -0.263. The van der Waals surface area contributed by atoms with E-state index in [2.05, 4.69) is 22.2 Å². The number of fused-ring (bicyclic) bond motifs is 1. The number of furan rings is 1. The summed E-state index contributed by atoms with van der Waals surface area (Å²) in [4.78, 5) is 17.5. The van der Waals surface area contributed by atoms with Crippen molar-refractivity contribution < 1.29 is 9.21 Å². The Balaban J connectivity index is 1.64. The van der Waals surface area contributed by atoms with Gasteiger partial charge >= 0.3 is 0 Å². The number of benzene rings is 2. The van der Waals surface area contributed by atoms with Crippen molar-refractivity contribution in [2.75, 3.05) is 43.4 Å². The van der Waals surface area contributed by atoms with Crippen molar-refractivity contribution in [2.45, 2.75) is 6.92 Å². The van der Waals surface area contributed by atoms with E-state index in [1.165, 1.54) is 0 Å². The van der Waals surface area contributed by atoms with Gasteiger partial charge < -0.3 is 19.5 Å². The number of anilines is 2. The van der Waals surface area contributed by atoms with Crippen molar-refractivity contribution in [3.8, 4) is 0 Å². The third-order valence-corrected chi connectivity index (χ3v) is 5.34. The second-order valence-electron chi connectivity index (χ2n) is 6.96. The molecule has 4 rings (SSSR count). The molecular formula is C21H22ClN3O2. The van der Waals surface area contributed by atoms with Crippen LogP contribution in [0.25, 0.3) is 11.0 Å². The van der Waals surface area contributed by atoms with Gasteiger partial charge in [0.25, 0.3) is 5.91 Å². The number of para-hydroxylation sites is 1. The Labute approximate surface area is 163 Å². The quantitative estimate of drug-likeness (QED) is 0.728. The fraction of sp³-hybridized carbons (Fsp3) is 0.286. The van der Waals surface area contributed by atoms with Gasteiger partial charge in [-0.25, -0.2) is 0 Å². The minimum Gasteiger partial charge on any atom is -0.451 e. The smallest absolute Gasteiger partial charge is 0.291 e.